The van der Waals surface area contributed by atoms with E-state index in [9.17, 15) is 4.39 Å². The van der Waals surface area contributed by atoms with Gasteiger partial charge in [-0.15, -0.1) is 0 Å². The lowest BCUT2D eigenvalue weighted by Crippen LogP contribution is -2.55. The van der Waals surface area contributed by atoms with E-state index < -0.39 is 0 Å². The predicted molar refractivity (Wildman–Crippen MR) is 122 cm³/mol. The quantitative estimate of drug-likeness (QED) is 0.279. The Kier molecular flexibility index (Phi) is 8.24. The molecule has 0 radical (unpaired) electrons. The van der Waals surface area contributed by atoms with Gasteiger partial charge in [0, 0.05) is 12.1 Å². The average molecular weight is 574 g/mol. The van der Waals surface area contributed by atoms with Gasteiger partial charge in [0.25, 0.3) is 0 Å². The Bertz CT molecular complexity index is 516. The monoisotopic (exact) mass is 574 g/mol. The topological polar surface area (TPSA) is 52.0 Å². The summed E-state index contributed by atoms with van der Waals surface area (Å²) in [4.78, 5) is 0. The molecule has 0 aromatic carbocycles. The molecule has 0 bridgehead atoms. The van der Waals surface area contributed by atoms with Gasteiger partial charge < -0.3 is 11.5 Å². The van der Waals surface area contributed by atoms with Crippen molar-refractivity contribution in [3.05, 3.63) is 19.6 Å². The minimum Gasteiger partial charge on any atom is -0.328 e. The maximum atomic E-state index is 14.4. The molecule has 2 aliphatic rings. The molecule has 0 heterocycles. The number of halogens is 3. The van der Waals surface area contributed by atoms with Crippen molar-refractivity contribution < 1.29 is 4.39 Å². The Labute approximate surface area is 180 Å². The van der Waals surface area contributed by atoms with E-state index in [1.807, 2.05) is 45.2 Å². The molecular weight excluding hydrogens is 541 g/mol. The Morgan fingerprint density at radius 3 is 2.32 bits per heavy atom. The van der Waals surface area contributed by atoms with E-state index in [0.29, 0.717) is 13.1 Å². The summed E-state index contributed by atoms with van der Waals surface area (Å²) in [6, 6.07) is 0.218. The highest BCUT2D eigenvalue weighted by Crippen LogP contribution is 2.52. The van der Waals surface area contributed by atoms with Gasteiger partial charge in [-0.25, -0.2) is 4.39 Å². The predicted octanol–water partition coefficient (Wildman–Crippen LogP) is 5.94. The van der Waals surface area contributed by atoms with E-state index in [2.05, 4.69) is 27.4 Å². The molecule has 0 spiro atoms. The molecule has 144 valence electrons. The standard InChI is InChI=1S/C20H33FI2N2/c1-5-10(2)14-7-6-13(14)8-16(12(4)24)18-15(9-17(18)25)11(3)19(21)20(22)23/h10,12-18H,3,5-9,24-25H2,1-2,4H3/t10-,12-,13?,14?,15?,16+,17+,18+/m1/s1. The number of allylic oxidation sites excluding steroid dienone is 2. The lowest BCUT2D eigenvalue weighted by molar-refractivity contribution is 0.0240. The summed E-state index contributed by atoms with van der Waals surface area (Å²) in [5.41, 5.74) is 13.4. The number of nitrogens with two attached hydrogens (primary N) is 2. The molecule has 2 fully saturated rings. The highest BCUT2D eigenvalue weighted by molar-refractivity contribution is 14.2. The molecule has 2 nitrogen and oxygen atoms in total. The first-order valence-corrected chi connectivity index (χ1v) is 11.8. The zero-order chi connectivity index (χ0) is 18.9. The summed E-state index contributed by atoms with van der Waals surface area (Å²) < 4.78 is 15.0. The summed E-state index contributed by atoms with van der Waals surface area (Å²) >= 11 is 4.05. The largest absolute Gasteiger partial charge is 0.328 e. The molecule has 5 heteroatoms. The van der Waals surface area contributed by atoms with Gasteiger partial charge in [-0.3, -0.25) is 0 Å². The first-order chi connectivity index (χ1) is 11.7. The third-order valence-electron chi connectivity index (χ3n) is 6.98. The fourth-order valence-electron chi connectivity index (χ4n) is 5.00. The van der Waals surface area contributed by atoms with Crippen LogP contribution in [0.3, 0.4) is 0 Å². The van der Waals surface area contributed by atoms with Crippen LogP contribution < -0.4 is 11.5 Å². The first kappa shape index (κ1) is 22.1. The summed E-state index contributed by atoms with van der Waals surface area (Å²) in [6.07, 6.45) is 5.88. The molecule has 0 amide bonds. The Morgan fingerprint density at radius 1 is 1.28 bits per heavy atom. The van der Waals surface area contributed by atoms with Gasteiger partial charge in [0.2, 0.25) is 0 Å². The van der Waals surface area contributed by atoms with Gasteiger partial charge in [-0.1, -0.05) is 26.8 Å². The van der Waals surface area contributed by atoms with Crippen LogP contribution in [-0.4, -0.2) is 12.1 Å². The SMILES string of the molecule is C=C(C(F)=C(I)I)C1C[C@H](N)[C@@H]1[C@@H](CC1CCC1[C@H](C)CC)[C@@H](C)N. The summed E-state index contributed by atoms with van der Waals surface area (Å²) in [6.45, 7) is 10.8. The first-order valence-electron chi connectivity index (χ1n) is 9.60. The Morgan fingerprint density at radius 2 is 1.92 bits per heavy atom. The minimum atomic E-state index is -0.160. The Hall–Kier alpha value is 0.790. The zero-order valence-electron chi connectivity index (χ0n) is 15.7. The van der Waals surface area contributed by atoms with E-state index >= 15 is 0 Å². The lowest BCUT2D eigenvalue weighted by atomic mass is 9.55. The van der Waals surface area contributed by atoms with E-state index in [0.717, 1.165) is 30.6 Å². The summed E-state index contributed by atoms with van der Waals surface area (Å²) in [5, 5.41) is 0. The van der Waals surface area contributed by atoms with Crippen molar-refractivity contribution in [2.24, 2.45) is 47.0 Å². The van der Waals surface area contributed by atoms with Crippen molar-refractivity contribution in [2.75, 3.05) is 0 Å². The van der Waals surface area contributed by atoms with E-state index in [-0.39, 0.29) is 29.7 Å². The van der Waals surface area contributed by atoms with E-state index in [1.54, 1.807) is 0 Å². The van der Waals surface area contributed by atoms with Gasteiger partial charge in [0.1, 0.15) is 5.83 Å². The highest BCUT2D eigenvalue weighted by Gasteiger charge is 2.48. The molecule has 0 saturated heterocycles. The molecule has 2 rings (SSSR count). The third-order valence-corrected chi connectivity index (χ3v) is 7.92. The molecule has 0 aromatic rings. The maximum Gasteiger partial charge on any atom is 0.145 e. The summed E-state index contributed by atoms with van der Waals surface area (Å²) in [5.74, 6) is 2.99. The molecule has 0 aliphatic heterocycles. The molecule has 2 saturated carbocycles. The van der Waals surface area contributed by atoms with Crippen LogP contribution in [0.1, 0.15) is 52.9 Å². The second-order valence-corrected chi connectivity index (χ2v) is 12.6. The Balaban J connectivity index is 2.11. The van der Waals surface area contributed by atoms with Crippen molar-refractivity contribution in [2.45, 2.75) is 65.0 Å². The van der Waals surface area contributed by atoms with Crippen molar-refractivity contribution >= 4 is 45.2 Å². The lowest BCUT2D eigenvalue weighted by Gasteiger charge is -2.52. The molecule has 3 unspecified atom stereocenters. The fourth-order valence-corrected chi connectivity index (χ4v) is 5.69. The van der Waals surface area contributed by atoms with Crippen LogP contribution in [0.15, 0.2) is 19.6 Å². The van der Waals surface area contributed by atoms with Crippen molar-refractivity contribution in [3.63, 3.8) is 0 Å². The van der Waals surface area contributed by atoms with Gasteiger partial charge in [0.15, 0.2) is 0 Å². The minimum absolute atomic E-state index is 0.0931. The number of hydrogen-bond donors (Lipinski definition) is 2. The van der Waals surface area contributed by atoms with Crippen molar-refractivity contribution in [1.29, 1.82) is 0 Å². The second kappa shape index (κ2) is 9.32. The van der Waals surface area contributed by atoms with Gasteiger partial charge in [0.05, 0.1) is 1.59 Å². The molecule has 2 aliphatic carbocycles. The normalized spacial score (nSPS) is 35.1. The maximum absolute atomic E-state index is 14.4. The van der Waals surface area contributed by atoms with Crippen LogP contribution in [0.5, 0.6) is 0 Å². The van der Waals surface area contributed by atoms with E-state index in [1.165, 1.54) is 19.3 Å². The highest BCUT2D eigenvalue weighted by atomic mass is 127. The van der Waals surface area contributed by atoms with Crippen LogP contribution in [0.25, 0.3) is 0 Å². The van der Waals surface area contributed by atoms with E-state index in [4.69, 9.17) is 11.5 Å². The molecule has 25 heavy (non-hydrogen) atoms. The molecule has 8 atom stereocenters. The molecule has 4 N–H and O–H groups in total. The van der Waals surface area contributed by atoms with Crippen LogP contribution in [0, 0.1) is 35.5 Å². The molecule has 0 aromatic heterocycles. The van der Waals surface area contributed by atoms with Crippen LogP contribution in [-0.2, 0) is 0 Å². The van der Waals surface area contributed by atoms with Gasteiger partial charge >= 0.3 is 0 Å². The van der Waals surface area contributed by atoms with Crippen molar-refractivity contribution in [3.8, 4) is 0 Å². The second-order valence-electron chi connectivity index (χ2n) is 8.33. The number of hydrogen-bond acceptors (Lipinski definition) is 2. The van der Waals surface area contributed by atoms with Crippen LogP contribution in [0.4, 0.5) is 4.39 Å². The van der Waals surface area contributed by atoms with Crippen molar-refractivity contribution in [1.82, 2.24) is 0 Å². The molecular formula is C20H33FI2N2. The number of rotatable bonds is 8. The van der Waals surface area contributed by atoms with Gasteiger partial charge in [-0.2, -0.15) is 0 Å². The zero-order valence-corrected chi connectivity index (χ0v) is 20.0. The third kappa shape index (κ3) is 4.80. The summed E-state index contributed by atoms with van der Waals surface area (Å²) in [7, 11) is 0. The van der Waals surface area contributed by atoms with Crippen LogP contribution >= 0.6 is 45.2 Å². The smallest absolute Gasteiger partial charge is 0.145 e. The van der Waals surface area contributed by atoms with Gasteiger partial charge in [-0.05, 0) is 119 Å². The fraction of sp³-hybridized carbons (Fsp3) is 0.800. The van der Waals surface area contributed by atoms with Crippen LogP contribution in [0.2, 0.25) is 0 Å². The average Bonchev–Trinajstić information content (AvgIpc) is 2.52.